The van der Waals surface area contributed by atoms with Crippen molar-refractivity contribution in [2.75, 3.05) is 13.2 Å². The van der Waals surface area contributed by atoms with Crippen molar-refractivity contribution in [3.05, 3.63) is 6.42 Å². The second-order valence-electron chi connectivity index (χ2n) is 1.15. The van der Waals surface area contributed by atoms with Crippen molar-refractivity contribution < 1.29 is 24.2 Å². The van der Waals surface area contributed by atoms with Crippen molar-refractivity contribution in [3.63, 3.8) is 0 Å². The molecule has 1 aliphatic heterocycles. The molecule has 0 atom stereocenters. The van der Waals surface area contributed by atoms with Crippen LogP contribution in [0.3, 0.4) is 0 Å². The molecule has 32 valence electrons. The molecule has 1 rings (SSSR count). The van der Waals surface area contributed by atoms with Gasteiger partial charge in [0.25, 0.3) is 0 Å². The minimum Gasteiger partial charge on any atom is -0.416 e. The third kappa shape index (κ3) is 1.89. The van der Waals surface area contributed by atoms with Gasteiger partial charge in [0.2, 0.25) is 0 Å². The minimum absolute atomic E-state index is 0. The Labute approximate surface area is 50.8 Å². The van der Waals surface area contributed by atoms with Gasteiger partial charge in [-0.2, -0.15) is 6.42 Å². The number of ether oxygens (including phenoxy) is 1. The molecular weight excluding hydrogens is 129 g/mol. The van der Waals surface area contributed by atoms with Crippen LogP contribution in [0.15, 0.2) is 0 Å². The van der Waals surface area contributed by atoms with Crippen LogP contribution in [0.25, 0.3) is 0 Å². The topological polar surface area (TPSA) is 9.23 Å². The van der Waals surface area contributed by atoms with Gasteiger partial charge in [-0.1, -0.05) is 6.61 Å². The summed E-state index contributed by atoms with van der Waals surface area (Å²) in [6, 6.07) is 0. The van der Waals surface area contributed by atoms with Crippen LogP contribution in [-0.4, -0.2) is 13.2 Å². The maximum atomic E-state index is 4.89. The molecule has 0 radical (unpaired) electrons. The summed E-state index contributed by atoms with van der Waals surface area (Å²) >= 11 is 0. The standard InChI is InChI=1S/C4H7O.Zn/c1-2-4-5-3-1;/h1H,2-4H2;/q-1;. The van der Waals surface area contributed by atoms with E-state index in [2.05, 4.69) is 6.42 Å². The molecule has 0 amide bonds. The van der Waals surface area contributed by atoms with Gasteiger partial charge in [0.15, 0.2) is 0 Å². The molecular formula is C4H7OZn-. The number of rotatable bonds is 0. The third-order valence-electron chi connectivity index (χ3n) is 0.702. The van der Waals surface area contributed by atoms with Gasteiger partial charge < -0.3 is 11.2 Å². The second kappa shape index (κ2) is 3.76. The van der Waals surface area contributed by atoms with Crippen molar-refractivity contribution in [2.45, 2.75) is 6.42 Å². The van der Waals surface area contributed by atoms with Crippen LogP contribution in [0.4, 0.5) is 0 Å². The first-order valence-corrected chi connectivity index (χ1v) is 1.89. The van der Waals surface area contributed by atoms with Gasteiger partial charge in [-0.15, -0.1) is 0 Å². The van der Waals surface area contributed by atoms with Crippen molar-refractivity contribution in [1.29, 1.82) is 0 Å². The van der Waals surface area contributed by atoms with Crippen molar-refractivity contribution in [2.24, 2.45) is 0 Å². The fraction of sp³-hybridized carbons (Fsp3) is 0.750. The molecule has 0 N–H and O–H groups in total. The Hall–Kier alpha value is 0.583. The van der Waals surface area contributed by atoms with E-state index in [0.29, 0.717) is 0 Å². The maximum Gasteiger partial charge on any atom is 0.0161 e. The van der Waals surface area contributed by atoms with Crippen LogP contribution < -0.4 is 0 Å². The molecule has 0 aliphatic carbocycles. The van der Waals surface area contributed by atoms with E-state index in [0.717, 1.165) is 19.6 Å². The van der Waals surface area contributed by atoms with Crippen molar-refractivity contribution >= 4 is 0 Å². The predicted molar refractivity (Wildman–Crippen MR) is 19.7 cm³/mol. The fourth-order valence-electron chi connectivity index (χ4n) is 0.417. The van der Waals surface area contributed by atoms with Crippen molar-refractivity contribution in [1.82, 2.24) is 0 Å². The van der Waals surface area contributed by atoms with Crippen LogP contribution in [0.1, 0.15) is 6.42 Å². The molecule has 1 aliphatic rings. The molecule has 0 aromatic rings. The van der Waals surface area contributed by atoms with E-state index in [-0.39, 0.29) is 19.5 Å². The van der Waals surface area contributed by atoms with E-state index in [4.69, 9.17) is 4.74 Å². The normalized spacial score (nSPS) is 20.0. The van der Waals surface area contributed by atoms with E-state index in [9.17, 15) is 0 Å². The first-order valence-electron chi connectivity index (χ1n) is 1.89. The molecule has 0 saturated carbocycles. The molecule has 1 fully saturated rings. The Bertz CT molecular complexity index is 19.1. The molecule has 0 aromatic carbocycles. The SMILES string of the molecule is [CH-]1CCOC1.[Zn]. The summed E-state index contributed by atoms with van der Waals surface area (Å²) in [6.45, 7) is 1.82. The van der Waals surface area contributed by atoms with E-state index in [1.807, 2.05) is 0 Å². The Kier molecular flexibility index (Phi) is 4.13. The molecule has 0 unspecified atom stereocenters. The smallest absolute Gasteiger partial charge is 0.0161 e. The molecule has 0 bridgehead atoms. The fourth-order valence-corrected chi connectivity index (χ4v) is 0.417. The molecule has 0 aromatic heterocycles. The predicted octanol–water partition coefficient (Wildman–Crippen LogP) is 0.608. The summed E-state index contributed by atoms with van der Waals surface area (Å²) in [5.41, 5.74) is 0. The summed E-state index contributed by atoms with van der Waals surface area (Å²) in [6.07, 6.45) is 3.29. The van der Waals surface area contributed by atoms with Crippen LogP contribution in [0.2, 0.25) is 0 Å². The molecule has 1 nitrogen and oxygen atoms in total. The quantitative estimate of drug-likeness (QED) is 0.350. The summed E-state index contributed by atoms with van der Waals surface area (Å²) in [5.74, 6) is 0. The zero-order valence-electron chi connectivity index (χ0n) is 3.81. The summed E-state index contributed by atoms with van der Waals surface area (Å²) < 4.78 is 4.89. The average Bonchev–Trinajstić information content (AvgIpc) is 1.76. The van der Waals surface area contributed by atoms with Gasteiger partial charge in [-0.25, -0.2) is 0 Å². The van der Waals surface area contributed by atoms with Gasteiger partial charge >= 0.3 is 0 Å². The van der Waals surface area contributed by atoms with Crippen LogP contribution in [-0.2, 0) is 24.2 Å². The Morgan fingerprint density at radius 1 is 1.50 bits per heavy atom. The molecule has 2 heteroatoms. The molecule has 1 heterocycles. The molecule has 0 spiro atoms. The zero-order valence-corrected chi connectivity index (χ0v) is 6.78. The Morgan fingerprint density at radius 2 is 2.33 bits per heavy atom. The van der Waals surface area contributed by atoms with Gasteiger partial charge in [-0.3, -0.25) is 0 Å². The Balaban J connectivity index is 0.000000250. The first kappa shape index (κ1) is 6.58. The van der Waals surface area contributed by atoms with Gasteiger partial charge in [0.05, 0.1) is 0 Å². The monoisotopic (exact) mass is 135 g/mol. The third-order valence-corrected chi connectivity index (χ3v) is 0.702. The zero-order chi connectivity index (χ0) is 3.54. The van der Waals surface area contributed by atoms with E-state index in [1.165, 1.54) is 0 Å². The van der Waals surface area contributed by atoms with Gasteiger partial charge in [-0.05, 0) is 0 Å². The van der Waals surface area contributed by atoms with Gasteiger partial charge in [0.1, 0.15) is 0 Å². The largest absolute Gasteiger partial charge is 0.416 e. The first-order chi connectivity index (χ1) is 2.50. The number of hydrogen-bond donors (Lipinski definition) is 0. The summed E-state index contributed by atoms with van der Waals surface area (Å²) in [7, 11) is 0. The average molecular weight is 136 g/mol. The Morgan fingerprint density at radius 3 is 2.50 bits per heavy atom. The summed E-state index contributed by atoms with van der Waals surface area (Å²) in [4.78, 5) is 0. The minimum atomic E-state index is 0. The maximum absolute atomic E-state index is 4.89. The van der Waals surface area contributed by atoms with E-state index < -0.39 is 0 Å². The van der Waals surface area contributed by atoms with Crippen LogP contribution >= 0.6 is 0 Å². The van der Waals surface area contributed by atoms with Crippen LogP contribution in [0, 0.1) is 6.42 Å². The van der Waals surface area contributed by atoms with E-state index in [1.54, 1.807) is 0 Å². The molecule has 1 saturated heterocycles. The molecule has 6 heavy (non-hydrogen) atoms. The van der Waals surface area contributed by atoms with Gasteiger partial charge in [0, 0.05) is 26.1 Å². The van der Waals surface area contributed by atoms with Crippen molar-refractivity contribution in [3.8, 4) is 0 Å². The van der Waals surface area contributed by atoms with E-state index >= 15 is 0 Å². The summed E-state index contributed by atoms with van der Waals surface area (Å²) in [5, 5.41) is 0. The number of hydrogen-bond acceptors (Lipinski definition) is 1. The van der Waals surface area contributed by atoms with Crippen LogP contribution in [0.5, 0.6) is 0 Å². The second-order valence-corrected chi connectivity index (χ2v) is 1.15.